The zero-order valence-corrected chi connectivity index (χ0v) is 8.94. The van der Waals surface area contributed by atoms with Crippen LogP contribution in [-0.4, -0.2) is 34.7 Å². The Morgan fingerprint density at radius 1 is 1.75 bits per heavy atom. The Labute approximate surface area is 94.5 Å². The molecule has 0 unspecified atom stereocenters. The number of rotatable bonds is 6. The number of nitrogens with zero attached hydrogens (tertiary/aromatic N) is 2. The van der Waals surface area contributed by atoms with E-state index in [1.807, 2.05) is 0 Å². The van der Waals surface area contributed by atoms with E-state index in [1.54, 1.807) is 5.38 Å². The van der Waals surface area contributed by atoms with Crippen molar-refractivity contribution in [1.29, 1.82) is 0 Å². The molecule has 7 nitrogen and oxygen atoms in total. The van der Waals surface area contributed by atoms with Gasteiger partial charge in [0.1, 0.15) is 12.3 Å². The Hall–Kier alpha value is -1.96. The van der Waals surface area contributed by atoms with Crippen LogP contribution in [0.3, 0.4) is 0 Å². The number of hydrogen-bond acceptors (Lipinski definition) is 7. The number of carbonyl (C=O) groups is 2. The minimum atomic E-state index is -0.999. The van der Waals surface area contributed by atoms with Crippen LogP contribution >= 0.6 is 11.3 Å². The second kappa shape index (κ2) is 5.81. The molecule has 0 spiro atoms. The molecule has 0 radical (unpaired) electrons. The van der Waals surface area contributed by atoms with Crippen molar-refractivity contribution in [3.05, 3.63) is 11.1 Å². The lowest BCUT2D eigenvalue weighted by atomic mass is 10.3. The van der Waals surface area contributed by atoms with Crippen molar-refractivity contribution in [2.75, 3.05) is 12.3 Å². The molecular formula is C8H9N3O4S. The van der Waals surface area contributed by atoms with Crippen molar-refractivity contribution in [2.45, 2.75) is 6.42 Å². The van der Waals surface area contributed by atoms with E-state index in [2.05, 4.69) is 15.0 Å². The van der Waals surface area contributed by atoms with Gasteiger partial charge in [0.2, 0.25) is 0 Å². The summed E-state index contributed by atoms with van der Waals surface area (Å²) in [5.74, 6) is -0.999. The van der Waals surface area contributed by atoms with Crippen LogP contribution in [0.4, 0.5) is 5.13 Å². The molecule has 0 aliphatic carbocycles. The van der Waals surface area contributed by atoms with Crippen molar-refractivity contribution in [1.82, 2.24) is 4.98 Å². The molecule has 16 heavy (non-hydrogen) atoms. The topological polar surface area (TPSA) is 115 Å². The maximum absolute atomic E-state index is 10.6. The monoisotopic (exact) mass is 243 g/mol. The number of anilines is 1. The fourth-order valence-electron chi connectivity index (χ4n) is 0.782. The molecule has 1 aromatic heterocycles. The molecule has 0 fully saturated rings. The van der Waals surface area contributed by atoms with Crippen LogP contribution in [0, 0.1) is 0 Å². The van der Waals surface area contributed by atoms with Crippen LogP contribution in [0.2, 0.25) is 0 Å². The lowest BCUT2D eigenvalue weighted by Crippen LogP contribution is -2.06. The average molecular weight is 243 g/mol. The largest absolute Gasteiger partial charge is 0.481 e. The second-order valence-corrected chi connectivity index (χ2v) is 3.53. The first kappa shape index (κ1) is 12.1. The fraction of sp³-hybridized carbons (Fsp3) is 0.250. The van der Waals surface area contributed by atoms with Gasteiger partial charge in [0.05, 0.1) is 6.42 Å². The van der Waals surface area contributed by atoms with Gasteiger partial charge in [-0.1, -0.05) is 5.16 Å². The Bertz CT molecular complexity index is 415. The number of carbonyl (C=O) groups excluding carboxylic acids is 1. The minimum absolute atomic E-state index is 0.0154. The SMILES string of the molecule is Nc1nc(/C(C=O)=N\OCCC(=O)O)cs1. The second-order valence-electron chi connectivity index (χ2n) is 2.64. The number of carboxylic acids is 1. The summed E-state index contributed by atoms with van der Waals surface area (Å²) in [4.78, 5) is 29.3. The van der Waals surface area contributed by atoms with Crippen LogP contribution in [-0.2, 0) is 14.4 Å². The quantitative estimate of drug-likeness (QED) is 0.317. The summed E-state index contributed by atoms with van der Waals surface area (Å²) in [5.41, 5.74) is 5.68. The number of hydrogen-bond donors (Lipinski definition) is 2. The summed E-state index contributed by atoms with van der Waals surface area (Å²) in [7, 11) is 0. The lowest BCUT2D eigenvalue weighted by molar-refractivity contribution is -0.138. The van der Waals surface area contributed by atoms with Gasteiger partial charge < -0.3 is 15.7 Å². The molecule has 0 bridgehead atoms. The van der Waals surface area contributed by atoms with Gasteiger partial charge in [-0.25, -0.2) is 4.98 Å². The summed E-state index contributed by atoms with van der Waals surface area (Å²) < 4.78 is 0. The molecular weight excluding hydrogens is 234 g/mol. The highest BCUT2D eigenvalue weighted by Crippen LogP contribution is 2.11. The number of aldehydes is 1. The number of thiazole rings is 1. The number of nitrogens with two attached hydrogens (primary N) is 1. The highest BCUT2D eigenvalue weighted by Gasteiger charge is 2.07. The Morgan fingerprint density at radius 2 is 2.50 bits per heavy atom. The molecule has 3 N–H and O–H groups in total. The molecule has 1 aromatic rings. The van der Waals surface area contributed by atoms with E-state index in [4.69, 9.17) is 10.8 Å². The molecule has 1 rings (SSSR count). The van der Waals surface area contributed by atoms with E-state index < -0.39 is 5.97 Å². The van der Waals surface area contributed by atoms with Gasteiger partial charge in [0.15, 0.2) is 17.1 Å². The third-order valence-corrected chi connectivity index (χ3v) is 2.14. The summed E-state index contributed by atoms with van der Waals surface area (Å²) in [6, 6.07) is 0. The zero-order chi connectivity index (χ0) is 12.0. The van der Waals surface area contributed by atoms with E-state index in [0.29, 0.717) is 17.1 Å². The Balaban J connectivity index is 2.57. The number of carboxylic acid groups (broad SMARTS) is 1. The van der Waals surface area contributed by atoms with Crippen molar-refractivity contribution in [2.24, 2.45) is 5.16 Å². The maximum Gasteiger partial charge on any atom is 0.306 e. The lowest BCUT2D eigenvalue weighted by Gasteiger charge is -1.96. The smallest absolute Gasteiger partial charge is 0.306 e. The predicted molar refractivity (Wildman–Crippen MR) is 57.3 cm³/mol. The molecule has 0 saturated heterocycles. The molecule has 0 aliphatic heterocycles. The van der Waals surface area contributed by atoms with Crippen LogP contribution in [0.1, 0.15) is 12.1 Å². The third kappa shape index (κ3) is 3.65. The van der Waals surface area contributed by atoms with E-state index in [1.165, 1.54) is 11.3 Å². The predicted octanol–water partition coefficient (Wildman–Crippen LogP) is 0.120. The van der Waals surface area contributed by atoms with Crippen LogP contribution in [0.25, 0.3) is 0 Å². The van der Waals surface area contributed by atoms with Gasteiger partial charge in [0.25, 0.3) is 0 Å². The molecule has 0 atom stereocenters. The van der Waals surface area contributed by atoms with E-state index in [-0.39, 0.29) is 18.7 Å². The molecule has 86 valence electrons. The van der Waals surface area contributed by atoms with Crippen LogP contribution in [0.5, 0.6) is 0 Å². The van der Waals surface area contributed by atoms with E-state index in [0.717, 1.165) is 0 Å². The van der Waals surface area contributed by atoms with Crippen molar-refractivity contribution < 1.29 is 19.5 Å². The van der Waals surface area contributed by atoms with Crippen molar-refractivity contribution in [3.8, 4) is 0 Å². The first-order valence-corrected chi connectivity index (χ1v) is 5.09. The first-order valence-electron chi connectivity index (χ1n) is 4.21. The van der Waals surface area contributed by atoms with Crippen molar-refractivity contribution >= 4 is 34.4 Å². The van der Waals surface area contributed by atoms with Crippen molar-refractivity contribution in [3.63, 3.8) is 0 Å². The number of nitrogen functional groups attached to an aromatic ring is 1. The molecule has 1 heterocycles. The molecule has 0 amide bonds. The molecule has 0 aromatic carbocycles. The van der Waals surface area contributed by atoms with Gasteiger partial charge >= 0.3 is 5.97 Å². The van der Waals surface area contributed by atoms with E-state index in [9.17, 15) is 9.59 Å². The molecule has 8 heteroatoms. The van der Waals surface area contributed by atoms with E-state index >= 15 is 0 Å². The highest BCUT2D eigenvalue weighted by molar-refractivity contribution is 7.13. The van der Waals surface area contributed by atoms with Gasteiger partial charge in [0, 0.05) is 5.38 Å². The minimum Gasteiger partial charge on any atom is -0.481 e. The van der Waals surface area contributed by atoms with Gasteiger partial charge in [-0.15, -0.1) is 11.3 Å². The summed E-state index contributed by atoms with van der Waals surface area (Å²) >= 11 is 1.17. The Morgan fingerprint density at radius 3 is 3.00 bits per heavy atom. The summed E-state index contributed by atoms with van der Waals surface area (Å²) in [5, 5.41) is 13.7. The summed E-state index contributed by atoms with van der Waals surface area (Å²) in [6.07, 6.45) is 0.282. The van der Waals surface area contributed by atoms with Gasteiger partial charge in [-0.05, 0) is 0 Å². The zero-order valence-electron chi connectivity index (χ0n) is 8.12. The highest BCUT2D eigenvalue weighted by atomic mass is 32.1. The molecule has 0 saturated carbocycles. The maximum atomic E-state index is 10.6. The standard InChI is InChI=1S/C8H9N3O4S/c9-8-10-6(4-16-8)5(3-12)11-15-2-1-7(13)14/h3-4H,1-2H2,(H2,9,10)(H,13,14)/b11-5-. The molecule has 0 aliphatic rings. The van der Waals surface area contributed by atoms with Gasteiger partial charge in [-0.2, -0.15) is 0 Å². The third-order valence-electron chi connectivity index (χ3n) is 1.47. The van der Waals surface area contributed by atoms with Crippen LogP contribution < -0.4 is 5.73 Å². The normalized spacial score (nSPS) is 11.1. The summed E-state index contributed by atoms with van der Waals surface area (Å²) in [6.45, 7) is -0.105. The van der Waals surface area contributed by atoms with Crippen LogP contribution in [0.15, 0.2) is 10.5 Å². The number of aromatic nitrogens is 1. The number of aliphatic carboxylic acids is 1. The number of oxime groups is 1. The average Bonchev–Trinajstić information content (AvgIpc) is 2.64. The van der Waals surface area contributed by atoms with Gasteiger partial charge in [-0.3, -0.25) is 9.59 Å². The Kier molecular flexibility index (Phi) is 4.40. The first-order chi connectivity index (χ1) is 7.63. The fourth-order valence-corrected chi connectivity index (χ4v) is 1.34.